The number of piperazine rings is 1. The van der Waals surface area contributed by atoms with Crippen LogP contribution in [0.2, 0.25) is 0 Å². The molecule has 1 aliphatic carbocycles. The molecule has 1 saturated carbocycles. The Bertz CT molecular complexity index is 501. The molecule has 23 heavy (non-hydrogen) atoms. The van der Waals surface area contributed by atoms with Crippen molar-refractivity contribution in [1.29, 1.82) is 0 Å². The zero-order valence-corrected chi connectivity index (χ0v) is 14.2. The van der Waals surface area contributed by atoms with Crippen LogP contribution >= 0.6 is 0 Å². The van der Waals surface area contributed by atoms with Crippen molar-refractivity contribution in [3.8, 4) is 0 Å². The summed E-state index contributed by atoms with van der Waals surface area (Å²) in [5.74, 6) is -0.235. The topological polar surface area (TPSA) is 32.8 Å². The Morgan fingerprint density at radius 1 is 1.04 bits per heavy atom. The maximum atomic E-state index is 11.7. The van der Waals surface area contributed by atoms with E-state index in [4.69, 9.17) is 4.74 Å². The van der Waals surface area contributed by atoms with E-state index in [0.29, 0.717) is 12.2 Å². The molecular formula is C19H28N2O2. The van der Waals surface area contributed by atoms with E-state index < -0.39 is 0 Å². The summed E-state index contributed by atoms with van der Waals surface area (Å²) in [6, 6.07) is 8.66. The number of benzene rings is 1. The van der Waals surface area contributed by atoms with E-state index in [9.17, 15) is 4.79 Å². The Kier molecular flexibility index (Phi) is 5.55. The van der Waals surface area contributed by atoms with E-state index >= 15 is 0 Å². The van der Waals surface area contributed by atoms with Crippen molar-refractivity contribution in [2.75, 3.05) is 37.7 Å². The van der Waals surface area contributed by atoms with Crippen LogP contribution in [0.4, 0.5) is 5.69 Å². The summed E-state index contributed by atoms with van der Waals surface area (Å²) in [6.07, 6.45) is 6.99. The second kappa shape index (κ2) is 7.82. The van der Waals surface area contributed by atoms with Crippen LogP contribution in [0.1, 0.15) is 49.4 Å². The first kappa shape index (κ1) is 16.3. The fourth-order valence-electron chi connectivity index (χ4n) is 3.81. The predicted molar refractivity (Wildman–Crippen MR) is 93.1 cm³/mol. The molecule has 1 heterocycles. The molecular weight excluding hydrogens is 288 g/mol. The lowest BCUT2D eigenvalue weighted by Gasteiger charge is -2.41. The van der Waals surface area contributed by atoms with Crippen molar-refractivity contribution in [3.05, 3.63) is 29.8 Å². The van der Waals surface area contributed by atoms with Gasteiger partial charge in [0.2, 0.25) is 0 Å². The molecule has 0 aromatic heterocycles. The monoisotopic (exact) mass is 316 g/mol. The van der Waals surface area contributed by atoms with Gasteiger partial charge in [0.25, 0.3) is 0 Å². The van der Waals surface area contributed by atoms with Gasteiger partial charge in [-0.25, -0.2) is 4.79 Å². The number of hydrogen-bond acceptors (Lipinski definition) is 4. The average molecular weight is 316 g/mol. The minimum absolute atomic E-state index is 0.235. The van der Waals surface area contributed by atoms with Gasteiger partial charge in [-0.05, 0) is 44.0 Å². The van der Waals surface area contributed by atoms with Gasteiger partial charge in [0.1, 0.15) is 0 Å². The lowest BCUT2D eigenvalue weighted by molar-refractivity contribution is 0.0526. The molecule has 1 aromatic rings. The molecule has 1 aromatic carbocycles. The molecule has 3 rings (SSSR count). The van der Waals surface area contributed by atoms with Crippen LogP contribution in [0.25, 0.3) is 0 Å². The second-order valence-electron chi connectivity index (χ2n) is 6.58. The fourth-order valence-corrected chi connectivity index (χ4v) is 3.81. The molecule has 0 amide bonds. The van der Waals surface area contributed by atoms with Crippen LogP contribution in [0.3, 0.4) is 0 Å². The van der Waals surface area contributed by atoms with Gasteiger partial charge in [-0.2, -0.15) is 0 Å². The average Bonchev–Trinajstić information content (AvgIpc) is 2.63. The molecule has 126 valence electrons. The number of ether oxygens (including phenoxy) is 1. The third-order valence-corrected chi connectivity index (χ3v) is 5.15. The number of carbonyl (C=O) groups is 1. The van der Waals surface area contributed by atoms with Gasteiger partial charge < -0.3 is 9.64 Å². The number of esters is 1. The molecule has 0 atom stereocenters. The summed E-state index contributed by atoms with van der Waals surface area (Å²) in [5.41, 5.74) is 1.85. The highest BCUT2D eigenvalue weighted by Crippen LogP contribution is 2.25. The number of rotatable bonds is 4. The Balaban J connectivity index is 1.54. The van der Waals surface area contributed by atoms with E-state index in [1.807, 2.05) is 31.2 Å². The van der Waals surface area contributed by atoms with Gasteiger partial charge in [-0.15, -0.1) is 0 Å². The third-order valence-electron chi connectivity index (χ3n) is 5.15. The van der Waals surface area contributed by atoms with Gasteiger partial charge in [-0.3, -0.25) is 4.90 Å². The Hall–Kier alpha value is -1.55. The van der Waals surface area contributed by atoms with Crippen LogP contribution in [0, 0.1) is 0 Å². The molecule has 4 nitrogen and oxygen atoms in total. The van der Waals surface area contributed by atoms with Crippen LogP contribution in [-0.4, -0.2) is 49.7 Å². The first-order valence-electron chi connectivity index (χ1n) is 9.04. The molecule has 0 radical (unpaired) electrons. The maximum absolute atomic E-state index is 11.7. The minimum Gasteiger partial charge on any atom is -0.462 e. The van der Waals surface area contributed by atoms with Crippen molar-refractivity contribution >= 4 is 11.7 Å². The molecule has 0 unspecified atom stereocenters. The highest BCUT2D eigenvalue weighted by Gasteiger charge is 2.25. The first-order chi connectivity index (χ1) is 11.3. The normalized spacial score (nSPS) is 20.5. The Morgan fingerprint density at radius 2 is 1.70 bits per heavy atom. The van der Waals surface area contributed by atoms with E-state index in [-0.39, 0.29) is 5.97 Å². The summed E-state index contributed by atoms with van der Waals surface area (Å²) in [5, 5.41) is 0. The molecule has 1 saturated heterocycles. The van der Waals surface area contributed by atoms with Gasteiger partial charge in [0.05, 0.1) is 12.2 Å². The Morgan fingerprint density at radius 3 is 2.30 bits per heavy atom. The minimum atomic E-state index is -0.235. The van der Waals surface area contributed by atoms with E-state index in [2.05, 4.69) is 9.80 Å². The molecule has 2 fully saturated rings. The molecule has 2 aliphatic rings. The van der Waals surface area contributed by atoms with Crippen LogP contribution in [0.15, 0.2) is 24.3 Å². The van der Waals surface area contributed by atoms with E-state index in [0.717, 1.165) is 32.2 Å². The summed E-state index contributed by atoms with van der Waals surface area (Å²) in [6.45, 7) is 6.72. The molecule has 0 bridgehead atoms. The van der Waals surface area contributed by atoms with E-state index in [1.54, 1.807) is 0 Å². The summed E-state index contributed by atoms with van der Waals surface area (Å²) >= 11 is 0. The standard InChI is InChI=1S/C19H28N2O2/c1-2-23-19(22)16-8-10-18(11-9-16)21-14-12-20(13-15-21)17-6-4-3-5-7-17/h8-11,17H,2-7,12-15H2,1H3. The van der Waals surface area contributed by atoms with Crippen molar-refractivity contribution in [2.24, 2.45) is 0 Å². The quantitative estimate of drug-likeness (QED) is 0.798. The van der Waals surface area contributed by atoms with Crippen LogP contribution in [0.5, 0.6) is 0 Å². The molecule has 0 spiro atoms. The highest BCUT2D eigenvalue weighted by atomic mass is 16.5. The summed E-state index contributed by atoms with van der Waals surface area (Å²) < 4.78 is 5.04. The lowest BCUT2D eigenvalue weighted by Crippen LogP contribution is -2.50. The maximum Gasteiger partial charge on any atom is 0.338 e. The fraction of sp³-hybridized carbons (Fsp3) is 0.632. The van der Waals surface area contributed by atoms with E-state index in [1.165, 1.54) is 37.8 Å². The van der Waals surface area contributed by atoms with Crippen molar-refractivity contribution in [2.45, 2.75) is 45.1 Å². The number of carbonyl (C=O) groups excluding carboxylic acids is 1. The Labute approximate surface area is 139 Å². The van der Waals surface area contributed by atoms with Crippen molar-refractivity contribution < 1.29 is 9.53 Å². The predicted octanol–water partition coefficient (Wildman–Crippen LogP) is 3.32. The summed E-state index contributed by atoms with van der Waals surface area (Å²) in [4.78, 5) is 16.8. The number of anilines is 1. The largest absolute Gasteiger partial charge is 0.462 e. The first-order valence-corrected chi connectivity index (χ1v) is 9.04. The SMILES string of the molecule is CCOC(=O)c1ccc(N2CCN(C3CCCCC3)CC2)cc1. The smallest absolute Gasteiger partial charge is 0.338 e. The zero-order valence-electron chi connectivity index (χ0n) is 14.2. The van der Waals surface area contributed by atoms with Gasteiger partial charge in [-0.1, -0.05) is 19.3 Å². The summed E-state index contributed by atoms with van der Waals surface area (Å²) in [7, 11) is 0. The number of nitrogens with zero attached hydrogens (tertiary/aromatic N) is 2. The van der Waals surface area contributed by atoms with Gasteiger partial charge in [0, 0.05) is 37.9 Å². The lowest BCUT2D eigenvalue weighted by atomic mass is 9.94. The van der Waals surface area contributed by atoms with Gasteiger partial charge >= 0.3 is 5.97 Å². The van der Waals surface area contributed by atoms with Crippen LogP contribution in [-0.2, 0) is 4.74 Å². The van der Waals surface area contributed by atoms with Gasteiger partial charge in [0.15, 0.2) is 0 Å². The highest BCUT2D eigenvalue weighted by molar-refractivity contribution is 5.89. The molecule has 4 heteroatoms. The molecule has 0 N–H and O–H groups in total. The zero-order chi connectivity index (χ0) is 16.1. The third kappa shape index (κ3) is 4.05. The second-order valence-corrected chi connectivity index (χ2v) is 6.58. The van der Waals surface area contributed by atoms with Crippen LogP contribution < -0.4 is 4.90 Å². The van der Waals surface area contributed by atoms with Crippen molar-refractivity contribution in [1.82, 2.24) is 4.90 Å². The van der Waals surface area contributed by atoms with Crippen molar-refractivity contribution in [3.63, 3.8) is 0 Å². The number of hydrogen-bond donors (Lipinski definition) is 0. The molecule has 1 aliphatic heterocycles.